The van der Waals surface area contributed by atoms with Gasteiger partial charge < -0.3 is 10.9 Å². The lowest BCUT2D eigenvalue weighted by molar-refractivity contribution is -0.742. The zero-order valence-electron chi connectivity index (χ0n) is 9.08. The second kappa shape index (κ2) is 4.27. The Labute approximate surface area is 93.6 Å². The number of nitrogens with two attached hydrogens (primary N) is 1. The molecule has 2 atom stereocenters. The first kappa shape index (κ1) is 11.2. The SMILES string of the molecule is NC1=NC2CC3CC(C2)CC1C3.O=[N+]([O-])O. The van der Waals surface area contributed by atoms with Gasteiger partial charge in [0.25, 0.3) is 5.09 Å². The number of rotatable bonds is 0. The van der Waals surface area contributed by atoms with Crippen LogP contribution in [0.4, 0.5) is 0 Å². The van der Waals surface area contributed by atoms with E-state index >= 15 is 0 Å². The van der Waals surface area contributed by atoms with Crippen LogP contribution < -0.4 is 5.73 Å². The van der Waals surface area contributed by atoms with Crippen LogP contribution in [0.25, 0.3) is 0 Å². The zero-order chi connectivity index (χ0) is 11.7. The predicted octanol–water partition coefficient (Wildman–Crippen LogP) is 1.20. The van der Waals surface area contributed by atoms with Crippen LogP contribution in [0.3, 0.4) is 0 Å². The average Bonchev–Trinajstić information content (AvgIpc) is 2.29. The second-order valence-corrected chi connectivity index (χ2v) is 5.05. The summed E-state index contributed by atoms with van der Waals surface area (Å²) in [6.45, 7) is 0. The molecule has 4 rings (SSSR count). The highest BCUT2D eigenvalue weighted by atomic mass is 16.9. The number of hydrogen-bond acceptors (Lipinski definition) is 4. The van der Waals surface area contributed by atoms with Crippen molar-refractivity contribution < 1.29 is 10.3 Å². The maximum atomic E-state index is 8.36. The largest absolute Gasteiger partial charge is 0.387 e. The summed E-state index contributed by atoms with van der Waals surface area (Å²) in [5.74, 6) is 3.54. The molecule has 2 unspecified atom stereocenters. The summed E-state index contributed by atoms with van der Waals surface area (Å²) in [5, 5.41) is 13.6. The van der Waals surface area contributed by atoms with Crippen molar-refractivity contribution in [2.75, 3.05) is 0 Å². The van der Waals surface area contributed by atoms with Crippen LogP contribution in [0.15, 0.2) is 4.99 Å². The molecule has 2 heterocycles. The number of hydrogen-bond donors (Lipinski definition) is 2. The van der Waals surface area contributed by atoms with Crippen LogP contribution in [0.1, 0.15) is 32.1 Å². The minimum Gasteiger partial charge on any atom is -0.387 e. The smallest absolute Gasteiger partial charge is 0.291 e. The van der Waals surface area contributed by atoms with E-state index in [-0.39, 0.29) is 0 Å². The normalized spacial score (nSPS) is 39.4. The van der Waals surface area contributed by atoms with Gasteiger partial charge in [-0.1, -0.05) is 0 Å². The minimum atomic E-state index is -1.50. The molecular formula is C10H17N3O3. The summed E-state index contributed by atoms with van der Waals surface area (Å²) < 4.78 is 0. The predicted molar refractivity (Wildman–Crippen MR) is 57.7 cm³/mol. The van der Waals surface area contributed by atoms with Gasteiger partial charge in [-0.25, -0.2) is 0 Å². The van der Waals surface area contributed by atoms with E-state index in [4.69, 9.17) is 21.1 Å². The molecule has 0 aromatic heterocycles. The highest BCUT2D eigenvalue weighted by Crippen LogP contribution is 2.45. The van der Waals surface area contributed by atoms with E-state index in [1.165, 1.54) is 32.1 Å². The highest BCUT2D eigenvalue weighted by Gasteiger charge is 2.40. The van der Waals surface area contributed by atoms with Crippen molar-refractivity contribution in [1.82, 2.24) is 0 Å². The lowest BCUT2D eigenvalue weighted by Crippen LogP contribution is -2.32. The van der Waals surface area contributed by atoms with Gasteiger partial charge in [0.1, 0.15) is 0 Å². The van der Waals surface area contributed by atoms with Crippen molar-refractivity contribution >= 4 is 5.84 Å². The molecule has 0 saturated heterocycles. The van der Waals surface area contributed by atoms with E-state index in [2.05, 4.69) is 4.99 Å². The van der Waals surface area contributed by atoms with Gasteiger partial charge in [0.05, 0.1) is 11.9 Å². The van der Waals surface area contributed by atoms with Crippen LogP contribution in [0.2, 0.25) is 0 Å². The molecule has 0 radical (unpaired) electrons. The van der Waals surface area contributed by atoms with Crippen molar-refractivity contribution in [3.63, 3.8) is 0 Å². The van der Waals surface area contributed by atoms with Crippen molar-refractivity contribution in [3.05, 3.63) is 10.1 Å². The Bertz CT molecular complexity index is 300. The van der Waals surface area contributed by atoms with Gasteiger partial charge in [0.2, 0.25) is 0 Å². The maximum absolute atomic E-state index is 8.36. The summed E-state index contributed by atoms with van der Waals surface area (Å²) >= 11 is 0. The molecule has 0 aromatic rings. The fourth-order valence-corrected chi connectivity index (χ4v) is 3.48. The van der Waals surface area contributed by atoms with Gasteiger partial charge >= 0.3 is 0 Å². The molecule has 2 aliphatic carbocycles. The first-order valence-corrected chi connectivity index (χ1v) is 5.71. The fraction of sp³-hybridized carbons (Fsp3) is 0.900. The first-order chi connectivity index (χ1) is 7.54. The Hall–Kier alpha value is -1.33. The zero-order valence-corrected chi connectivity index (χ0v) is 9.08. The van der Waals surface area contributed by atoms with E-state index in [0.29, 0.717) is 12.0 Å². The Kier molecular flexibility index (Phi) is 2.98. The molecular weight excluding hydrogens is 210 g/mol. The summed E-state index contributed by atoms with van der Waals surface area (Å²) in [4.78, 5) is 13.0. The van der Waals surface area contributed by atoms with Crippen molar-refractivity contribution in [2.45, 2.75) is 38.1 Å². The summed E-state index contributed by atoms with van der Waals surface area (Å²) in [7, 11) is 0. The number of amidine groups is 1. The summed E-state index contributed by atoms with van der Waals surface area (Å²) in [6, 6.07) is 0.598. The molecule has 6 heteroatoms. The van der Waals surface area contributed by atoms with Crippen LogP contribution in [-0.4, -0.2) is 22.2 Å². The van der Waals surface area contributed by atoms with E-state index in [0.717, 1.165) is 17.7 Å². The van der Waals surface area contributed by atoms with Crippen LogP contribution in [0, 0.1) is 27.9 Å². The van der Waals surface area contributed by atoms with Crippen LogP contribution in [0.5, 0.6) is 0 Å². The molecule has 0 amide bonds. The molecule has 3 N–H and O–H groups in total. The molecule has 4 bridgehead atoms. The second-order valence-electron chi connectivity index (χ2n) is 5.05. The van der Waals surface area contributed by atoms with Crippen molar-refractivity contribution in [2.24, 2.45) is 28.5 Å². The first-order valence-electron chi connectivity index (χ1n) is 5.71. The van der Waals surface area contributed by atoms with E-state index < -0.39 is 5.09 Å². The van der Waals surface area contributed by atoms with Gasteiger partial charge in [-0.2, -0.15) is 0 Å². The van der Waals surface area contributed by atoms with E-state index in [1.54, 1.807) is 0 Å². The van der Waals surface area contributed by atoms with Crippen molar-refractivity contribution in [3.8, 4) is 0 Å². The summed E-state index contributed by atoms with van der Waals surface area (Å²) in [6.07, 6.45) is 6.79. The maximum Gasteiger partial charge on any atom is 0.291 e. The molecule has 2 saturated carbocycles. The quantitative estimate of drug-likeness (QED) is 0.479. The standard InChI is InChI=1S/C10H16N2.HNO3/c11-10-8-2-6-1-7(3-8)5-9(4-6)12-10;2-1(3)4/h6-9H,1-5H2,(H2,11,12);(H,2,3,4). The lowest BCUT2D eigenvalue weighted by atomic mass is 9.68. The van der Waals surface area contributed by atoms with Gasteiger partial charge in [-0.15, -0.1) is 10.1 Å². The highest BCUT2D eigenvalue weighted by molar-refractivity contribution is 5.83. The fourth-order valence-electron chi connectivity index (χ4n) is 3.48. The summed E-state index contributed by atoms with van der Waals surface area (Å²) in [5.41, 5.74) is 5.95. The Morgan fingerprint density at radius 2 is 1.75 bits per heavy atom. The molecule has 6 nitrogen and oxygen atoms in total. The minimum absolute atomic E-state index is 0.598. The van der Waals surface area contributed by atoms with Gasteiger partial charge in [0, 0.05) is 5.92 Å². The number of aliphatic imine (C=N–C) groups is 1. The third-order valence-corrected chi connectivity index (χ3v) is 3.86. The van der Waals surface area contributed by atoms with Gasteiger partial charge in [-0.05, 0) is 43.9 Å². The average molecular weight is 227 g/mol. The molecule has 90 valence electrons. The third kappa shape index (κ3) is 2.43. The molecule has 16 heavy (non-hydrogen) atoms. The Balaban J connectivity index is 0.000000212. The molecule has 0 spiro atoms. The van der Waals surface area contributed by atoms with Crippen LogP contribution >= 0.6 is 0 Å². The van der Waals surface area contributed by atoms with Crippen LogP contribution in [-0.2, 0) is 0 Å². The van der Waals surface area contributed by atoms with E-state index in [1.807, 2.05) is 0 Å². The molecule has 0 aromatic carbocycles. The van der Waals surface area contributed by atoms with Crippen molar-refractivity contribution in [1.29, 1.82) is 0 Å². The molecule has 2 aliphatic heterocycles. The Morgan fingerprint density at radius 3 is 2.25 bits per heavy atom. The molecule has 2 fully saturated rings. The van der Waals surface area contributed by atoms with Gasteiger partial charge in [-0.3, -0.25) is 4.99 Å². The molecule has 4 aliphatic rings. The van der Waals surface area contributed by atoms with Gasteiger partial charge in [0.15, 0.2) is 0 Å². The number of nitrogens with zero attached hydrogens (tertiary/aromatic N) is 2. The monoisotopic (exact) mass is 227 g/mol. The topological polar surface area (TPSA) is 102 Å². The lowest BCUT2D eigenvalue weighted by Gasteiger charge is -2.37. The third-order valence-electron chi connectivity index (χ3n) is 3.86. The van der Waals surface area contributed by atoms with E-state index in [9.17, 15) is 0 Å². The Morgan fingerprint density at radius 1 is 1.25 bits per heavy atom.